The number of nitriles is 1. The Labute approximate surface area is 111 Å². The molecule has 0 fully saturated rings. The Morgan fingerprint density at radius 1 is 1.22 bits per heavy atom. The molecule has 0 atom stereocenters. The molecule has 90 valence electrons. The maximum Gasteiger partial charge on any atom is 0.142 e. The van der Waals surface area contributed by atoms with Crippen LogP contribution in [0.15, 0.2) is 42.5 Å². The molecule has 2 aromatic carbocycles. The van der Waals surface area contributed by atoms with E-state index < -0.39 is 0 Å². The van der Waals surface area contributed by atoms with E-state index in [1.54, 1.807) is 37.4 Å². The standard InChI is InChI=1S/C14H11ClN2O/c1-18-14-6-5-11(15)8-13(14)17-12-4-2-3-10(7-12)9-16/h2-8,17H,1H3. The van der Waals surface area contributed by atoms with Crippen LogP contribution in [0.3, 0.4) is 0 Å². The second-order valence-electron chi connectivity index (χ2n) is 3.66. The van der Waals surface area contributed by atoms with Crippen molar-refractivity contribution in [2.75, 3.05) is 12.4 Å². The molecule has 2 rings (SSSR count). The van der Waals surface area contributed by atoms with Gasteiger partial charge in [0.2, 0.25) is 0 Å². The first-order valence-electron chi connectivity index (χ1n) is 5.33. The van der Waals surface area contributed by atoms with Gasteiger partial charge in [-0.2, -0.15) is 5.26 Å². The van der Waals surface area contributed by atoms with E-state index in [1.807, 2.05) is 12.1 Å². The molecule has 0 aliphatic rings. The third-order valence-corrected chi connectivity index (χ3v) is 2.67. The molecule has 0 saturated carbocycles. The third kappa shape index (κ3) is 2.73. The van der Waals surface area contributed by atoms with Gasteiger partial charge in [0.05, 0.1) is 24.4 Å². The van der Waals surface area contributed by atoms with Gasteiger partial charge in [0.25, 0.3) is 0 Å². The highest BCUT2D eigenvalue weighted by Crippen LogP contribution is 2.30. The molecule has 0 heterocycles. The number of nitrogens with one attached hydrogen (secondary N) is 1. The monoisotopic (exact) mass is 258 g/mol. The molecule has 0 spiro atoms. The average molecular weight is 259 g/mol. The molecular formula is C14H11ClN2O. The molecule has 4 heteroatoms. The van der Waals surface area contributed by atoms with Gasteiger partial charge in [-0.3, -0.25) is 0 Å². The van der Waals surface area contributed by atoms with Crippen molar-refractivity contribution in [3.63, 3.8) is 0 Å². The van der Waals surface area contributed by atoms with Crippen molar-refractivity contribution in [3.8, 4) is 11.8 Å². The molecule has 0 amide bonds. The van der Waals surface area contributed by atoms with Gasteiger partial charge in [-0.25, -0.2) is 0 Å². The Balaban J connectivity index is 2.33. The van der Waals surface area contributed by atoms with E-state index >= 15 is 0 Å². The molecule has 1 N–H and O–H groups in total. The molecule has 0 radical (unpaired) electrons. The third-order valence-electron chi connectivity index (χ3n) is 2.43. The Morgan fingerprint density at radius 2 is 2.06 bits per heavy atom. The summed E-state index contributed by atoms with van der Waals surface area (Å²) < 4.78 is 5.24. The summed E-state index contributed by atoms with van der Waals surface area (Å²) in [6, 6.07) is 14.6. The predicted octanol–water partition coefficient (Wildman–Crippen LogP) is 3.96. The summed E-state index contributed by atoms with van der Waals surface area (Å²) >= 11 is 5.95. The minimum absolute atomic E-state index is 0.598. The van der Waals surface area contributed by atoms with Crippen molar-refractivity contribution in [2.45, 2.75) is 0 Å². The maximum atomic E-state index is 8.85. The quantitative estimate of drug-likeness (QED) is 0.906. The molecule has 0 saturated heterocycles. The van der Waals surface area contributed by atoms with Crippen molar-refractivity contribution in [1.29, 1.82) is 5.26 Å². The largest absolute Gasteiger partial charge is 0.495 e. The maximum absolute atomic E-state index is 8.85. The summed E-state index contributed by atoms with van der Waals surface area (Å²) in [5.41, 5.74) is 2.18. The van der Waals surface area contributed by atoms with Crippen LogP contribution in [0.4, 0.5) is 11.4 Å². The van der Waals surface area contributed by atoms with Crippen LogP contribution in [0.5, 0.6) is 5.75 Å². The van der Waals surface area contributed by atoms with E-state index in [2.05, 4.69) is 11.4 Å². The first-order valence-corrected chi connectivity index (χ1v) is 5.71. The molecule has 0 aliphatic carbocycles. The zero-order chi connectivity index (χ0) is 13.0. The summed E-state index contributed by atoms with van der Waals surface area (Å²) in [5, 5.41) is 12.6. The Bertz CT molecular complexity index is 605. The van der Waals surface area contributed by atoms with Crippen molar-refractivity contribution in [2.24, 2.45) is 0 Å². The lowest BCUT2D eigenvalue weighted by atomic mass is 10.2. The van der Waals surface area contributed by atoms with Gasteiger partial charge in [0, 0.05) is 10.7 Å². The van der Waals surface area contributed by atoms with Crippen LogP contribution < -0.4 is 10.1 Å². The van der Waals surface area contributed by atoms with Gasteiger partial charge >= 0.3 is 0 Å². The molecule has 3 nitrogen and oxygen atoms in total. The van der Waals surface area contributed by atoms with Gasteiger partial charge in [-0.15, -0.1) is 0 Å². The van der Waals surface area contributed by atoms with E-state index in [0.29, 0.717) is 16.3 Å². The highest BCUT2D eigenvalue weighted by Gasteiger charge is 2.04. The summed E-state index contributed by atoms with van der Waals surface area (Å²) in [7, 11) is 1.60. The van der Waals surface area contributed by atoms with E-state index in [0.717, 1.165) is 11.4 Å². The molecule has 0 aromatic heterocycles. The van der Waals surface area contributed by atoms with Gasteiger partial charge < -0.3 is 10.1 Å². The lowest BCUT2D eigenvalue weighted by molar-refractivity contribution is 0.417. The van der Waals surface area contributed by atoms with Crippen molar-refractivity contribution in [1.82, 2.24) is 0 Å². The van der Waals surface area contributed by atoms with Crippen LogP contribution in [0, 0.1) is 11.3 Å². The Hall–Kier alpha value is -2.18. The fourth-order valence-corrected chi connectivity index (χ4v) is 1.77. The first kappa shape index (κ1) is 12.3. The molecular weight excluding hydrogens is 248 g/mol. The topological polar surface area (TPSA) is 45.0 Å². The first-order chi connectivity index (χ1) is 8.72. The van der Waals surface area contributed by atoms with Crippen LogP contribution in [-0.2, 0) is 0 Å². The number of halogens is 1. The average Bonchev–Trinajstić information content (AvgIpc) is 2.39. The van der Waals surface area contributed by atoms with Gasteiger partial charge in [0.1, 0.15) is 5.75 Å². The second kappa shape index (κ2) is 5.44. The zero-order valence-corrected chi connectivity index (χ0v) is 10.5. The van der Waals surface area contributed by atoms with Crippen molar-refractivity contribution >= 4 is 23.0 Å². The zero-order valence-electron chi connectivity index (χ0n) is 9.77. The fraction of sp³-hybridized carbons (Fsp3) is 0.0714. The van der Waals surface area contributed by atoms with E-state index in [-0.39, 0.29) is 0 Å². The lowest BCUT2D eigenvalue weighted by Gasteiger charge is -2.11. The Kier molecular flexibility index (Phi) is 3.71. The van der Waals surface area contributed by atoms with E-state index in [4.69, 9.17) is 21.6 Å². The fourth-order valence-electron chi connectivity index (χ4n) is 1.60. The molecule has 18 heavy (non-hydrogen) atoms. The van der Waals surface area contributed by atoms with Crippen molar-refractivity contribution in [3.05, 3.63) is 53.1 Å². The normalized spacial score (nSPS) is 9.61. The summed E-state index contributed by atoms with van der Waals surface area (Å²) in [5.74, 6) is 0.696. The number of rotatable bonds is 3. The SMILES string of the molecule is COc1ccc(Cl)cc1Nc1cccc(C#N)c1. The summed E-state index contributed by atoms with van der Waals surface area (Å²) in [6.07, 6.45) is 0. The van der Waals surface area contributed by atoms with Gasteiger partial charge in [-0.05, 0) is 36.4 Å². The van der Waals surface area contributed by atoms with Crippen LogP contribution in [-0.4, -0.2) is 7.11 Å². The van der Waals surface area contributed by atoms with Gasteiger partial charge in [-0.1, -0.05) is 17.7 Å². The predicted molar refractivity (Wildman–Crippen MR) is 72.4 cm³/mol. The number of benzene rings is 2. The second-order valence-corrected chi connectivity index (χ2v) is 4.10. The van der Waals surface area contributed by atoms with Crippen LogP contribution in [0.2, 0.25) is 5.02 Å². The van der Waals surface area contributed by atoms with Crippen molar-refractivity contribution < 1.29 is 4.74 Å². The van der Waals surface area contributed by atoms with Crippen LogP contribution in [0.1, 0.15) is 5.56 Å². The number of anilines is 2. The molecule has 0 unspecified atom stereocenters. The van der Waals surface area contributed by atoms with E-state index in [9.17, 15) is 0 Å². The minimum Gasteiger partial charge on any atom is -0.495 e. The van der Waals surface area contributed by atoms with Crippen LogP contribution >= 0.6 is 11.6 Å². The smallest absolute Gasteiger partial charge is 0.142 e. The van der Waals surface area contributed by atoms with Crippen LogP contribution in [0.25, 0.3) is 0 Å². The summed E-state index contributed by atoms with van der Waals surface area (Å²) in [6.45, 7) is 0. The number of hydrogen-bond acceptors (Lipinski definition) is 3. The molecule has 0 bridgehead atoms. The highest BCUT2D eigenvalue weighted by molar-refractivity contribution is 6.31. The number of hydrogen-bond donors (Lipinski definition) is 1. The summed E-state index contributed by atoms with van der Waals surface area (Å²) in [4.78, 5) is 0. The van der Waals surface area contributed by atoms with E-state index in [1.165, 1.54) is 0 Å². The Morgan fingerprint density at radius 3 is 2.78 bits per heavy atom. The number of ether oxygens (including phenoxy) is 1. The highest BCUT2D eigenvalue weighted by atomic mass is 35.5. The minimum atomic E-state index is 0.598. The molecule has 2 aromatic rings. The van der Waals surface area contributed by atoms with Gasteiger partial charge in [0.15, 0.2) is 0 Å². The lowest BCUT2D eigenvalue weighted by Crippen LogP contribution is -1.94. The number of methoxy groups -OCH3 is 1. The number of nitrogens with zero attached hydrogens (tertiary/aromatic N) is 1. The molecule has 0 aliphatic heterocycles.